The fraction of sp³-hybridized carbons (Fsp3) is 0.500. The van der Waals surface area contributed by atoms with Gasteiger partial charge in [0.05, 0.1) is 6.54 Å². The molecule has 0 radical (unpaired) electrons. The van der Waals surface area contributed by atoms with Gasteiger partial charge in [0.1, 0.15) is 0 Å². The molecular weight excluding hydrogens is 212 g/mol. The Kier molecular flexibility index (Phi) is 6.33. The summed E-state index contributed by atoms with van der Waals surface area (Å²) in [5, 5.41) is 3.16. The van der Waals surface area contributed by atoms with Crippen LogP contribution in [-0.4, -0.2) is 30.9 Å². The summed E-state index contributed by atoms with van der Waals surface area (Å²) < 4.78 is 0. The molecule has 0 atom stereocenters. The molecule has 0 unspecified atom stereocenters. The standard InChI is InChI=1S/C14H22N2O/c1-3-4-10-15-11-14(17)16(2)12-13-8-6-5-7-9-13/h5-9,15H,3-4,10-12H2,1-2H3. The first-order valence-corrected chi connectivity index (χ1v) is 6.22. The minimum Gasteiger partial charge on any atom is -0.340 e. The van der Waals surface area contributed by atoms with Crippen LogP contribution in [0.25, 0.3) is 0 Å². The minimum absolute atomic E-state index is 0.143. The van der Waals surface area contributed by atoms with Gasteiger partial charge >= 0.3 is 0 Å². The summed E-state index contributed by atoms with van der Waals surface area (Å²) in [7, 11) is 1.84. The van der Waals surface area contributed by atoms with Crippen molar-refractivity contribution in [3.05, 3.63) is 35.9 Å². The summed E-state index contributed by atoms with van der Waals surface area (Å²) in [5.74, 6) is 0.143. The molecule has 0 aliphatic rings. The molecule has 1 amide bonds. The summed E-state index contributed by atoms with van der Waals surface area (Å²) in [6, 6.07) is 10.0. The number of rotatable bonds is 7. The molecule has 1 aromatic carbocycles. The molecule has 0 spiro atoms. The van der Waals surface area contributed by atoms with Crippen LogP contribution in [0.5, 0.6) is 0 Å². The molecule has 0 bridgehead atoms. The molecule has 0 fully saturated rings. The Balaban J connectivity index is 2.27. The molecule has 0 saturated heterocycles. The molecule has 0 aliphatic carbocycles. The maximum Gasteiger partial charge on any atom is 0.236 e. The number of benzene rings is 1. The van der Waals surface area contributed by atoms with E-state index in [1.807, 2.05) is 37.4 Å². The van der Waals surface area contributed by atoms with Crippen molar-refractivity contribution in [1.29, 1.82) is 0 Å². The van der Waals surface area contributed by atoms with Gasteiger partial charge in [0.25, 0.3) is 0 Å². The van der Waals surface area contributed by atoms with Crippen molar-refractivity contribution in [2.75, 3.05) is 20.1 Å². The number of amides is 1. The van der Waals surface area contributed by atoms with Gasteiger partial charge in [-0.15, -0.1) is 0 Å². The molecule has 94 valence electrons. The predicted octanol–water partition coefficient (Wildman–Crippen LogP) is 2.03. The van der Waals surface area contributed by atoms with Crippen molar-refractivity contribution in [2.45, 2.75) is 26.3 Å². The van der Waals surface area contributed by atoms with Crippen LogP contribution in [0.2, 0.25) is 0 Å². The van der Waals surface area contributed by atoms with E-state index in [0.29, 0.717) is 13.1 Å². The van der Waals surface area contributed by atoms with Gasteiger partial charge in [-0.2, -0.15) is 0 Å². The molecule has 0 aromatic heterocycles. The maximum absolute atomic E-state index is 11.8. The average Bonchev–Trinajstić information content (AvgIpc) is 2.35. The number of hydrogen-bond donors (Lipinski definition) is 1. The van der Waals surface area contributed by atoms with Gasteiger partial charge in [0.15, 0.2) is 0 Å². The van der Waals surface area contributed by atoms with Gasteiger partial charge in [-0.25, -0.2) is 0 Å². The Morgan fingerprint density at radius 1 is 1.29 bits per heavy atom. The van der Waals surface area contributed by atoms with Gasteiger partial charge in [0.2, 0.25) is 5.91 Å². The van der Waals surface area contributed by atoms with Crippen LogP contribution in [-0.2, 0) is 11.3 Å². The highest BCUT2D eigenvalue weighted by atomic mass is 16.2. The summed E-state index contributed by atoms with van der Waals surface area (Å²) in [6.45, 7) is 4.17. The van der Waals surface area contributed by atoms with Crippen LogP contribution in [0.3, 0.4) is 0 Å². The average molecular weight is 234 g/mol. The maximum atomic E-state index is 11.8. The lowest BCUT2D eigenvalue weighted by molar-refractivity contribution is -0.129. The molecule has 1 rings (SSSR count). The quantitative estimate of drug-likeness (QED) is 0.732. The van der Waals surface area contributed by atoms with Crippen molar-refractivity contribution in [3.8, 4) is 0 Å². The van der Waals surface area contributed by atoms with Crippen LogP contribution in [0.15, 0.2) is 30.3 Å². The Labute approximate surface area is 104 Å². The molecule has 17 heavy (non-hydrogen) atoms. The Bertz CT molecular complexity index is 324. The van der Waals surface area contributed by atoms with Crippen molar-refractivity contribution < 1.29 is 4.79 Å². The minimum atomic E-state index is 0.143. The summed E-state index contributed by atoms with van der Waals surface area (Å²) in [5.41, 5.74) is 1.16. The first-order valence-electron chi connectivity index (χ1n) is 6.22. The molecule has 1 N–H and O–H groups in total. The van der Waals surface area contributed by atoms with Crippen LogP contribution < -0.4 is 5.32 Å². The highest BCUT2D eigenvalue weighted by molar-refractivity contribution is 5.77. The lowest BCUT2D eigenvalue weighted by Crippen LogP contribution is -2.35. The lowest BCUT2D eigenvalue weighted by Gasteiger charge is -2.17. The fourth-order valence-electron chi connectivity index (χ4n) is 1.58. The Morgan fingerprint density at radius 2 is 2.00 bits per heavy atom. The largest absolute Gasteiger partial charge is 0.340 e. The number of carbonyl (C=O) groups is 1. The van der Waals surface area contributed by atoms with E-state index < -0.39 is 0 Å². The van der Waals surface area contributed by atoms with Gasteiger partial charge in [-0.1, -0.05) is 43.7 Å². The summed E-state index contributed by atoms with van der Waals surface area (Å²) in [4.78, 5) is 13.5. The summed E-state index contributed by atoms with van der Waals surface area (Å²) >= 11 is 0. The molecule has 3 heteroatoms. The van der Waals surface area contributed by atoms with E-state index in [0.717, 1.165) is 24.9 Å². The normalized spacial score (nSPS) is 10.2. The van der Waals surface area contributed by atoms with Crippen molar-refractivity contribution in [3.63, 3.8) is 0 Å². The highest BCUT2D eigenvalue weighted by Crippen LogP contribution is 2.02. The first kappa shape index (κ1) is 13.7. The first-order chi connectivity index (χ1) is 8.24. The third-order valence-electron chi connectivity index (χ3n) is 2.67. The van der Waals surface area contributed by atoms with Crippen LogP contribution in [0.4, 0.5) is 0 Å². The highest BCUT2D eigenvalue weighted by Gasteiger charge is 2.07. The van der Waals surface area contributed by atoms with E-state index in [1.54, 1.807) is 4.90 Å². The Morgan fingerprint density at radius 3 is 2.65 bits per heavy atom. The Hall–Kier alpha value is -1.35. The van der Waals surface area contributed by atoms with Crippen LogP contribution in [0.1, 0.15) is 25.3 Å². The van der Waals surface area contributed by atoms with Gasteiger partial charge in [0, 0.05) is 13.6 Å². The van der Waals surface area contributed by atoms with E-state index in [2.05, 4.69) is 12.2 Å². The molecule has 0 aliphatic heterocycles. The van der Waals surface area contributed by atoms with Crippen LogP contribution in [0, 0.1) is 0 Å². The van der Waals surface area contributed by atoms with Crippen molar-refractivity contribution in [2.24, 2.45) is 0 Å². The zero-order valence-electron chi connectivity index (χ0n) is 10.8. The lowest BCUT2D eigenvalue weighted by atomic mass is 10.2. The zero-order valence-corrected chi connectivity index (χ0v) is 10.8. The monoisotopic (exact) mass is 234 g/mol. The SMILES string of the molecule is CCCCNCC(=O)N(C)Cc1ccccc1. The van der Waals surface area contributed by atoms with E-state index in [4.69, 9.17) is 0 Å². The summed E-state index contributed by atoms with van der Waals surface area (Å²) in [6.07, 6.45) is 2.27. The predicted molar refractivity (Wildman–Crippen MR) is 70.7 cm³/mol. The molecule has 0 heterocycles. The third-order valence-corrected chi connectivity index (χ3v) is 2.67. The van der Waals surface area contributed by atoms with Gasteiger partial charge < -0.3 is 10.2 Å². The van der Waals surface area contributed by atoms with E-state index >= 15 is 0 Å². The number of unbranched alkanes of at least 4 members (excludes halogenated alkanes) is 1. The molecule has 1 aromatic rings. The third kappa shape index (κ3) is 5.50. The topological polar surface area (TPSA) is 32.3 Å². The van der Waals surface area contributed by atoms with Crippen LogP contribution >= 0.6 is 0 Å². The fourth-order valence-corrected chi connectivity index (χ4v) is 1.58. The second kappa shape index (κ2) is 7.85. The molecule has 3 nitrogen and oxygen atoms in total. The molecular formula is C14H22N2O. The number of carbonyl (C=O) groups excluding carboxylic acids is 1. The van der Waals surface area contributed by atoms with Gasteiger partial charge in [-0.05, 0) is 18.5 Å². The van der Waals surface area contributed by atoms with Gasteiger partial charge in [-0.3, -0.25) is 4.79 Å². The second-order valence-electron chi connectivity index (χ2n) is 4.27. The number of nitrogens with one attached hydrogen (secondary N) is 1. The molecule has 0 saturated carbocycles. The number of hydrogen-bond acceptors (Lipinski definition) is 2. The van der Waals surface area contributed by atoms with E-state index in [1.165, 1.54) is 0 Å². The van der Waals surface area contributed by atoms with Crippen molar-refractivity contribution >= 4 is 5.91 Å². The smallest absolute Gasteiger partial charge is 0.236 e. The zero-order chi connectivity index (χ0) is 12.5. The van der Waals surface area contributed by atoms with E-state index in [-0.39, 0.29) is 5.91 Å². The second-order valence-corrected chi connectivity index (χ2v) is 4.27. The number of likely N-dealkylation sites (N-methyl/N-ethyl adjacent to an activating group) is 1. The van der Waals surface area contributed by atoms with E-state index in [9.17, 15) is 4.79 Å². The number of nitrogens with zero attached hydrogens (tertiary/aromatic N) is 1. The van der Waals surface area contributed by atoms with Crippen molar-refractivity contribution in [1.82, 2.24) is 10.2 Å².